The van der Waals surface area contributed by atoms with Crippen LogP contribution in [0.2, 0.25) is 0 Å². The molecule has 0 aliphatic rings. The molecule has 2 rings (SSSR count). The molecule has 114 valence electrons. The highest BCUT2D eigenvalue weighted by molar-refractivity contribution is 9.10. The average molecular weight is 371 g/mol. The summed E-state index contributed by atoms with van der Waals surface area (Å²) in [5.74, 6) is 1.03. The zero-order chi connectivity index (χ0) is 14.4. The standard InChI is InChI=1S/C16H20BrN3.ClH/c1-19(2)11-12-20(16-5-3-4-10-18-16)13-14-6-8-15(17)9-7-14;/h3-10H,11-13H2,1-2H3;1H. The number of hydrogen-bond acceptors (Lipinski definition) is 3. The maximum atomic E-state index is 4.47. The molecule has 0 aliphatic heterocycles. The van der Waals surface area contributed by atoms with Crippen molar-refractivity contribution in [1.82, 2.24) is 9.88 Å². The van der Waals surface area contributed by atoms with Gasteiger partial charge in [-0.3, -0.25) is 0 Å². The monoisotopic (exact) mass is 369 g/mol. The first-order valence-corrected chi connectivity index (χ1v) is 7.49. The third-order valence-corrected chi connectivity index (χ3v) is 3.61. The Morgan fingerprint density at radius 1 is 1.00 bits per heavy atom. The van der Waals surface area contributed by atoms with Crippen LogP contribution in [-0.2, 0) is 6.54 Å². The molecule has 0 radical (unpaired) electrons. The molecule has 0 aliphatic carbocycles. The number of anilines is 1. The zero-order valence-corrected chi connectivity index (χ0v) is 14.8. The Labute approximate surface area is 141 Å². The van der Waals surface area contributed by atoms with Crippen molar-refractivity contribution in [2.45, 2.75) is 6.54 Å². The number of aromatic nitrogens is 1. The molecule has 1 heterocycles. The molecule has 0 bridgehead atoms. The van der Waals surface area contributed by atoms with Crippen LogP contribution < -0.4 is 4.90 Å². The smallest absolute Gasteiger partial charge is 0.128 e. The summed E-state index contributed by atoms with van der Waals surface area (Å²) in [6.45, 7) is 2.84. The van der Waals surface area contributed by atoms with Gasteiger partial charge >= 0.3 is 0 Å². The summed E-state index contributed by atoms with van der Waals surface area (Å²) in [6, 6.07) is 14.5. The molecule has 1 aromatic heterocycles. The van der Waals surface area contributed by atoms with Crippen molar-refractivity contribution >= 4 is 34.2 Å². The molecule has 0 saturated carbocycles. The average Bonchev–Trinajstić information content (AvgIpc) is 2.46. The molecule has 1 aromatic carbocycles. The Morgan fingerprint density at radius 3 is 2.29 bits per heavy atom. The SMILES string of the molecule is CN(C)CCN(Cc1ccc(Br)cc1)c1ccccn1.Cl. The molecule has 21 heavy (non-hydrogen) atoms. The highest BCUT2D eigenvalue weighted by Gasteiger charge is 2.08. The van der Waals surface area contributed by atoms with Crippen molar-refractivity contribution in [3.8, 4) is 0 Å². The lowest BCUT2D eigenvalue weighted by Gasteiger charge is -2.25. The van der Waals surface area contributed by atoms with Gasteiger partial charge in [-0.15, -0.1) is 12.4 Å². The second-order valence-electron chi connectivity index (χ2n) is 5.04. The van der Waals surface area contributed by atoms with E-state index in [1.54, 1.807) is 0 Å². The van der Waals surface area contributed by atoms with Crippen molar-refractivity contribution in [2.75, 3.05) is 32.1 Å². The molecule has 0 unspecified atom stereocenters. The Morgan fingerprint density at radius 2 is 1.71 bits per heavy atom. The highest BCUT2D eigenvalue weighted by Crippen LogP contribution is 2.16. The van der Waals surface area contributed by atoms with Gasteiger partial charge in [-0.05, 0) is 43.9 Å². The first-order chi connectivity index (χ1) is 9.65. The number of nitrogens with zero attached hydrogens (tertiary/aromatic N) is 3. The molecule has 0 amide bonds. The van der Waals surface area contributed by atoms with E-state index in [1.165, 1.54) is 5.56 Å². The van der Waals surface area contributed by atoms with Crippen molar-refractivity contribution in [3.63, 3.8) is 0 Å². The molecule has 0 atom stereocenters. The molecule has 0 saturated heterocycles. The minimum Gasteiger partial charge on any atom is -0.351 e. The molecular formula is C16H21BrClN3. The van der Waals surface area contributed by atoms with Crippen LogP contribution >= 0.6 is 28.3 Å². The van der Waals surface area contributed by atoms with Gasteiger partial charge < -0.3 is 9.80 Å². The van der Waals surface area contributed by atoms with Crippen molar-refractivity contribution in [3.05, 3.63) is 58.7 Å². The lowest BCUT2D eigenvalue weighted by Crippen LogP contribution is -2.31. The lowest BCUT2D eigenvalue weighted by molar-refractivity contribution is 0.412. The molecule has 5 heteroatoms. The highest BCUT2D eigenvalue weighted by atomic mass is 79.9. The third-order valence-electron chi connectivity index (χ3n) is 3.08. The second kappa shape index (κ2) is 9.03. The first kappa shape index (κ1) is 18.0. The molecule has 0 fully saturated rings. The van der Waals surface area contributed by atoms with E-state index >= 15 is 0 Å². The van der Waals surface area contributed by atoms with Gasteiger partial charge in [0, 0.05) is 30.3 Å². The first-order valence-electron chi connectivity index (χ1n) is 6.70. The quantitative estimate of drug-likeness (QED) is 0.770. The zero-order valence-electron chi connectivity index (χ0n) is 12.4. The van der Waals surface area contributed by atoms with Gasteiger partial charge in [-0.1, -0.05) is 34.1 Å². The topological polar surface area (TPSA) is 19.4 Å². The van der Waals surface area contributed by atoms with E-state index < -0.39 is 0 Å². The summed E-state index contributed by atoms with van der Waals surface area (Å²) < 4.78 is 1.11. The number of benzene rings is 1. The van der Waals surface area contributed by atoms with Gasteiger partial charge in [-0.25, -0.2) is 4.98 Å². The summed E-state index contributed by atoms with van der Waals surface area (Å²) in [6.07, 6.45) is 1.85. The van der Waals surface area contributed by atoms with Crippen LogP contribution in [0.15, 0.2) is 53.1 Å². The van der Waals surface area contributed by atoms with Crippen molar-refractivity contribution in [1.29, 1.82) is 0 Å². The Hall–Kier alpha value is -1.10. The number of hydrogen-bond donors (Lipinski definition) is 0. The number of likely N-dealkylation sites (N-methyl/N-ethyl adjacent to an activating group) is 1. The maximum absolute atomic E-state index is 4.47. The molecule has 3 nitrogen and oxygen atoms in total. The van der Waals surface area contributed by atoms with Crippen LogP contribution in [0.4, 0.5) is 5.82 Å². The van der Waals surface area contributed by atoms with E-state index in [4.69, 9.17) is 0 Å². The Bertz CT molecular complexity index is 517. The van der Waals surface area contributed by atoms with E-state index in [1.807, 2.05) is 18.3 Å². The van der Waals surface area contributed by atoms with Gasteiger partial charge in [0.15, 0.2) is 0 Å². The van der Waals surface area contributed by atoms with E-state index in [-0.39, 0.29) is 12.4 Å². The number of rotatable bonds is 6. The van der Waals surface area contributed by atoms with Gasteiger partial charge in [0.05, 0.1) is 0 Å². The summed E-state index contributed by atoms with van der Waals surface area (Å²) in [4.78, 5) is 8.97. The molecule has 2 aromatic rings. The molecule has 0 N–H and O–H groups in total. The van der Waals surface area contributed by atoms with Crippen molar-refractivity contribution in [2.24, 2.45) is 0 Å². The predicted molar refractivity (Wildman–Crippen MR) is 95.2 cm³/mol. The second-order valence-corrected chi connectivity index (χ2v) is 5.95. The fourth-order valence-electron chi connectivity index (χ4n) is 1.95. The minimum atomic E-state index is 0. The number of halogens is 2. The summed E-state index contributed by atoms with van der Waals surface area (Å²) in [7, 11) is 4.19. The van der Waals surface area contributed by atoms with Gasteiger partial charge in [0.2, 0.25) is 0 Å². The van der Waals surface area contributed by atoms with Crippen LogP contribution in [0.5, 0.6) is 0 Å². The summed E-state index contributed by atoms with van der Waals surface area (Å²) >= 11 is 3.47. The fourth-order valence-corrected chi connectivity index (χ4v) is 2.21. The molecular weight excluding hydrogens is 350 g/mol. The van der Waals surface area contributed by atoms with E-state index in [2.05, 4.69) is 75.1 Å². The van der Waals surface area contributed by atoms with Crippen LogP contribution in [0, 0.1) is 0 Å². The lowest BCUT2D eigenvalue weighted by atomic mass is 10.2. The van der Waals surface area contributed by atoms with E-state index in [0.717, 1.165) is 29.9 Å². The van der Waals surface area contributed by atoms with E-state index in [9.17, 15) is 0 Å². The normalized spacial score (nSPS) is 10.3. The third kappa shape index (κ3) is 6.04. The van der Waals surface area contributed by atoms with Crippen LogP contribution in [0.3, 0.4) is 0 Å². The van der Waals surface area contributed by atoms with E-state index in [0.29, 0.717) is 0 Å². The Balaban J connectivity index is 0.00000220. The van der Waals surface area contributed by atoms with Gasteiger partial charge in [0.25, 0.3) is 0 Å². The molecule has 0 spiro atoms. The van der Waals surface area contributed by atoms with Gasteiger partial charge in [-0.2, -0.15) is 0 Å². The Kier molecular flexibility index (Phi) is 7.72. The summed E-state index contributed by atoms with van der Waals surface area (Å²) in [5, 5.41) is 0. The van der Waals surface area contributed by atoms with Crippen LogP contribution in [0.25, 0.3) is 0 Å². The largest absolute Gasteiger partial charge is 0.351 e. The predicted octanol–water partition coefficient (Wildman–Crippen LogP) is 3.83. The van der Waals surface area contributed by atoms with Gasteiger partial charge in [0.1, 0.15) is 5.82 Å². The maximum Gasteiger partial charge on any atom is 0.128 e. The fraction of sp³-hybridized carbons (Fsp3) is 0.312. The number of pyridine rings is 1. The van der Waals surface area contributed by atoms with Crippen LogP contribution in [-0.4, -0.2) is 37.1 Å². The van der Waals surface area contributed by atoms with Crippen molar-refractivity contribution < 1.29 is 0 Å². The van der Waals surface area contributed by atoms with Crippen LogP contribution in [0.1, 0.15) is 5.56 Å². The minimum absolute atomic E-state index is 0. The summed E-state index contributed by atoms with van der Waals surface area (Å²) in [5.41, 5.74) is 1.29.